The highest BCUT2D eigenvalue weighted by Crippen LogP contribution is 2.31. The van der Waals surface area contributed by atoms with Gasteiger partial charge in [0.15, 0.2) is 0 Å². The van der Waals surface area contributed by atoms with Crippen molar-refractivity contribution in [3.05, 3.63) is 88.4 Å². The number of nitrogens with zero attached hydrogens (tertiary/aromatic N) is 2. The zero-order valence-corrected chi connectivity index (χ0v) is 25.1. The van der Waals surface area contributed by atoms with Crippen LogP contribution in [0.2, 0.25) is 5.02 Å². The maximum atomic E-state index is 14.0. The van der Waals surface area contributed by atoms with Crippen molar-refractivity contribution in [2.45, 2.75) is 51.6 Å². The summed E-state index contributed by atoms with van der Waals surface area (Å²) in [5.74, 6) is -0.206. The number of hydrogen-bond acceptors (Lipinski definition) is 5. The van der Waals surface area contributed by atoms with Crippen LogP contribution in [0.3, 0.4) is 0 Å². The highest BCUT2D eigenvalue weighted by atomic mass is 35.5. The molecule has 0 aliphatic heterocycles. The van der Waals surface area contributed by atoms with Crippen LogP contribution >= 0.6 is 11.6 Å². The van der Waals surface area contributed by atoms with E-state index in [1.54, 1.807) is 75.6 Å². The van der Waals surface area contributed by atoms with E-state index in [-0.39, 0.29) is 23.0 Å². The molecule has 0 radical (unpaired) electrons. The van der Waals surface area contributed by atoms with Gasteiger partial charge >= 0.3 is 0 Å². The Hall–Kier alpha value is -3.56. The van der Waals surface area contributed by atoms with E-state index in [4.69, 9.17) is 16.3 Å². The quantitative estimate of drug-likeness (QED) is 0.319. The molecule has 3 aromatic rings. The molecule has 0 saturated heterocycles. The van der Waals surface area contributed by atoms with E-state index in [1.807, 2.05) is 13.8 Å². The molecule has 0 fully saturated rings. The third-order valence-electron chi connectivity index (χ3n) is 6.62. The predicted molar refractivity (Wildman–Crippen MR) is 158 cm³/mol. The minimum atomic E-state index is -4.17. The van der Waals surface area contributed by atoms with Gasteiger partial charge in [-0.25, -0.2) is 8.42 Å². The van der Waals surface area contributed by atoms with Gasteiger partial charge in [-0.15, -0.1) is 0 Å². The standard InChI is InChI=1S/C30H36ClN3O5S/c1-6-18-32-30(36)23(4)33(19-24-12-14-25(39-5)15-13-24)29(35)20-34(28-9-7-8-27(31)22(28)3)40(37,38)26-16-10-21(2)11-17-26/h7-17,23H,6,18-20H2,1-5H3,(H,32,36). The first kappa shape index (κ1) is 31.0. The van der Waals surface area contributed by atoms with Crippen molar-refractivity contribution in [1.29, 1.82) is 0 Å². The molecular weight excluding hydrogens is 550 g/mol. The van der Waals surface area contributed by atoms with Crippen LogP contribution in [0.1, 0.15) is 37.0 Å². The van der Waals surface area contributed by atoms with Gasteiger partial charge in [0.2, 0.25) is 11.8 Å². The summed E-state index contributed by atoms with van der Waals surface area (Å²) in [5.41, 5.74) is 2.46. The van der Waals surface area contributed by atoms with E-state index >= 15 is 0 Å². The van der Waals surface area contributed by atoms with E-state index in [2.05, 4.69) is 5.32 Å². The molecule has 10 heteroatoms. The number of methoxy groups -OCH3 is 1. The Morgan fingerprint density at radius 2 is 1.65 bits per heavy atom. The second-order valence-electron chi connectivity index (χ2n) is 9.55. The Morgan fingerprint density at radius 3 is 2.25 bits per heavy atom. The third-order valence-corrected chi connectivity index (χ3v) is 8.81. The Morgan fingerprint density at radius 1 is 1.00 bits per heavy atom. The molecule has 2 amide bonds. The van der Waals surface area contributed by atoms with Gasteiger partial charge in [0.1, 0.15) is 18.3 Å². The van der Waals surface area contributed by atoms with Gasteiger partial charge in [0.05, 0.1) is 17.7 Å². The smallest absolute Gasteiger partial charge is 0.264 e. The maximum absolute atomic E-state index is 14.0. The minimum absolute atomic E-state index is 0.0423. The summed E-state index contributed by atoms with van der Waals surface area (Å²) < 4.78 is 34.2. The molecule has 3 aromatic carbocycles. The van der Waals surface area contributed by atoms with Crippen LogP contribution < -0.4 is 14.4 Å². The van der Waals surface area contributed by atoms with E-state index in [1.165, 1.54) is 17.0 Å². The number of aryl methyl sites for hydroxylation is 1. The summed E-state index contributed by atoms with van der Waals surface area (Å²) >= 11 is 6.37. The SMILES string of the molecule is CCCNC(=O)C(C)N(Cc1ccc(OC)cc1)C(=O)CN(c1cccc(Cl)c1C)S(=O)(=O)c1ccc(C)cc1. The molecule has 0 heterocycles. The zero-order chi connectivity index (χ0) is 29.4. The number of rotatable bonds is 12. The van der Waals surface area contributed by atoms with Crippen molar-refractivity contribution in [2.24, 2.45) is 0 Å². The largest absolute Gasteiger partial charge is 0.497 e. The number of sulfonamides is 1. The fourth-order valence-electron chi connectivity index (χ4n) is 4.12. The highest BCUT2D eigenvalue weighted by Gasteiger charge is 2.33. The van der Waals surface area contributed by atoms with E-state index in [0.717, 1.165) is 21.9 Å². The van der Waals surface area contributed by atoms with E-state index in [9.17, 15) is 18.0 Å². The Balaban J connectivity index is 2.05. The summed E-state index contributed by atoms with van der Waals surface area (Å²) in [5, 5.41) is 3.20. The number of carbonyl (C=O) groups is 2. The number of carbonyl (C=O) groups excluding carboxylic acids is 2. The second-order valence-corrected chi connectivity index (χ2v) is 11.8. The molecule has 1 unspecified atom stereocenters. The number of hydrogen-bond donors (Lipinski definition) is 1. The number of amides is 2. The number of anilines is 1. The molecule has 8 nitrogen and oxygen atoms in total. The van der Waals surface area contributed by atoms with Crippen molar-refractivity contribution in [2.75, 3.05) is 24.5 Å². The van der Waals surface area contributed by atoms with Gasteiger partial charge in [-0.3, -0.25) is 13.9 Å². The minimum Gasteiger partial charge on any atom is -0.497 e. The summed E-state index contributed by atoms with van der Waals surface area (Å²) in [6.45, 7) is 7.16. The lowest BCUT2D eigenvalue weighted by Gasteiger charge is -2.32. The molecule has 0 aromatic heterocycles. The lowest BCUT2D eigenvalue weighted by atomic mass is 10.1. The molecule has 0 aliphatic carbocycles. The molecular formula is C30H36ClN3O5S. The van der Waals surface area contributed by atoms with Gasteiger partial charge in [0, 0.05) is 18.1 Å². The van der Waals surface area contributed by atoms with Gasteiger partial charge in [0.25, 0.3) is 10.0 Å². The van der Waals surface area contributed by atoms with Crippen LogP contribution in [-0.4, -0.2) is 51.4 Å². The highest BCUT2D eigenvalue weighted by molar-refractivity contribution is 7.92. The van der Waals surface area contributed by atoms with Gasteiger partial charge in [-0.2, -0.15) is 0 Å². The van der Waals surface area contributed by atoms with Gasteiger partial charge < -0.3 is 15.0 Å². The van der Waals surface area contributed by atoms with Crippen molar-refractivity contribution in [3.63, 3.8) is 0 Å². The maximum Gasteiger partial charge on any atom is 0.264 e. The number of ether oxygens (including phenoxy) is 1. The van der Waals surface area contributed by atoms with Crippen molar-refractivity contribution in [1.82, 2.24) is 10.2 Å². The second kappa shape index (κ2) is 13.7. The topological polar surface area (TPSA) is 96.0 Å². The number of halogens is 1. The lowest BCUT2D eigenvalue weighted by Crippen LogP contribution is -2.51. The summed E-state index contributed by atoms with van der Waals surface area (Å²) in [6, 6.07) is 17.6. The fourth-order valence-corrected chi connectivity index (χ4v) is 5.76. The molecule has 1 N–H and O–H groups in total. The van der Waals surface area contributed by atoms with Crippen molar-refractivity contribution in [3.8, 4) is 5.75 Å². The molecule has 0 aliphatic rings. The Bertz CT molecular complexity index is 1430. The molecule has 40 heavy (non-hydrogen) atoms. The van der Waals surface area contributed by atoms with Crippen LogP contribution in [0.25, 0.3) is 0 Å². The fraction of sp³-hybridized carbons (Fsp3) is 0.333. The Labute approximate surface area is 241 Å². The van der Waals surface area contributed by atoms with Crippen LogP contribution in [0.4, 0.5) is 5.69 Å². The van der Waals surface area contributed by atoms with Crippen LogP contribution in [0.15, 0.2) is 71.6 Å². The average Bonchev–Trinajstić information content (AvgIpc) is 2.95. The number of nitrogens with one attached hydrogen (secondary N) is 1. The van der Waals surface area contributed by atoms with Gasteiger partial charge in [-0.1, -0.05) is 54.4 Å². The van der Waals surface area contributed by atoms with Crippen LogP contribution in [0.5, 0.6) is 5.75 Å². The zero-order valence-electron chi connectivity index (χ0n) is 23.5. The van der Waals surface area contributed by atoms with Gasteiger partial charge in [-0.05, 0) is 74.7 Å². The average molecular weight is 586 g/mol. The first-order chi connectivity index (χ1) is 19.0. The third kappa shape index (κ3) is 7.34. The first-order valence-electron chi connectivity index (χ1n) is 13.0. The Kier molecular flexibility index (Phi) is 10.6. The predicted octanol–water partition coefficient (Wildman–Crippen LogP) is 5.10. The van der Waals surface area contributed by atoms with Crippen LogP contribution in [-0.2, 0) is 26.2 Å². The van der Waals surface area contributed by atoms with Crippen LogP contribution in [0, 0.1) is 13.8 Å². The summed E-state index contributed by atoms with van der Waals surface area (Å²) in [4.78, 5) is 28.4. The van der Waals surface area contributed by atoms with E-state index in [0.29, 0.717) is 22.9 Å². The summed E-state index contributed by atoms with van der Waals surface area (Å²) in [7, 11) is -2.61. The molecule has 0 spiro atoms. The molecule has 0 saturated carbocycles. The molecule has 3 rings (SSSR count). The normalized spacial score (nSPS) is 11.9. The first-order valence-corrected chi connectivity index (χ1v) is 14.9. The molecule has 1 atom stereocenters. The molecule has 214 valence electrons. The van der Waals surface area contributed by atoms with E-state index < -0.39 is 28.5 Å². The monoisotopic (exact) mass is 585 g/mol. The number of benzene rings is 3. The molecule has 0 bridgehead atoms. The summed E-state index contributed by atoms with van der Waals surface area (Å²) in [6.07, 6.45) is 0.738. The van der Waals surface area contributed by atoms with Crippen molar-refractivity contribution < 1.29 is 22.7 Å². The van der Waals surface area contributed by atoms with Crippen molar-refractivity contribution >= 4 is 39.1 Å². The lowest BCUT2D eigenvalue weighted by molar-refractivity contribution is -0.139.